The molecule has 1 aromatic rings. The van der Waals surface area contributed by atoms with Crippen molar-refractivity contribution in [2.45, 2.75) is 57.5 Å². The van der Waals surface area contributed by atoms with Gasteiger partial charge in [-0.1, -0.05) is 24.4 Å². The fourth-order valence-electron chi connectivity index (χ4n) is 2.91. The molecule has 0 radical (unpaired) electrons. The van der Waals surface area contributed by atoms with E-state index in [2.05, 4.69) is 28.9 Å². The van der Waals surface area contributed by atoms with Crippen LogP contribution in [-0.2, 0) is 0 Å². The van der Waals surface area contributed by atoms with Crippen LogP contribution >= 0.6 is 11.6 Å². The highest BCUT2D eigenvalue weighted by Gasteiger charge is 2.30. The number of likely N-dealkylation sites (N-methyl/N-ethyl adjacent to an activating group) is 1. The van der Waals surface area contributed by atoms with Crippen LogP contribution in [0, 0.1) is 0 Å². The van der Waals surface area contributed by atoms with Crippen LogP contribution in [0.15, 0.2) is 6.20 Å². The lowest BCUT2D eigenvalue weighted by Crippen LogP contribution is -2.36. The van der Waals surface area contributed by atoms with Gasteiger partial charge in [0.05, 0.1) is 16.9 Å². The molecule has 0 spiro atoms. The molecule has 1 aliphatic carbocycles. The monoisotopic (exact) mass is 255 g/mol. The Morgan fingerprint density at radius 2 is 2.12 bits per heavy atom. The van der Waals surface area contributed by atoms with Crippen LogP contribution in [0.5, 0.6) is 0 Å². The van der Waals surface area contributed by atoms with E-state index in [0.717, 1.165) is 5.02 Å². The number of halogens is 1. The number of nitrogens with zero attached hydrogens (tertiary/aromatic N) is 2. The first-order valence-corrected chi connectivity index (χ1v) is 6.93. The normalized spacial score (nSPS) is 25.5. The van der Waals surface area contributed by atoms with Gasteiger partial charge >= 0.3 is 0 Å². The topological polar surface area (TPSA) is 29.9 Å². The molecule has 96 valence electrons. The third-order valence-electron chi connectivity index (χ3n) is 3.76. The first-order chi connectivity index (χ1) is 8.15. The summed E-state index contributed by atoms with van der Waals surface area (Å²) >= 11 is 6.33. The molecule has 0 amide bonds. The van der Waals surface area contributed by atoms with E-state index in [9.17, 15) is 0 Å². The molecule has 1 aliphatic rings. The van der Waals surface area contributed by atoms with Gasteiger partial charge < -0.3 is 5.32 Å². The average molecular weight is 256 g/mol. The van der Waals surface area contributed by atoms with Gasteiger partial charge in [-0.25, -0.2) is 0 Å². The van der Waals surface area contributed by atoms with Gasteiger partial charge in [0, 0.05) is 18.0 Å². The van der Waals surface area contributed by atoms with Crippen molar-refractivity contribution in [1.82, 2.24) is 15.1 Å². The molecule has 1 saturated carbocycles. The van der Waals surface area contributed by atoms with Crippen molar-refractivity contribution in [3.05, 3.63) is 16.9 Å². The Labute approximate surface area is 109 Å². The second-order valence-electron chi connectivity index (χ2n) is 5.20. The lowest BCUT2D eigenvalue weighted by Gasteiger charge is -2.32. The zero-order chi connectivity index (χ0) is 12.4. The van der Waals surface area contributed by atoms with Crippen LogP contribution in [0.3, 0.4) is 0 Å². The fourth-order valence-corrected chi connectivity index (χ4v) is 3.18. The third kappa shape index (κ3) is 2.50. The largest absolute Gasteiger partial charge is 0.316 e. The van der Waals surface area contributed by atoms with E-state index in [-0.39, 0.29) is 0 Å². The van der Waals surface area contributed by atoms with Gasteiger partial charge in [-0.2, -0.15) is 5.10 Å². The number of nitrogens with one attached hydrogen (secondary N) is 1. The van der Waals surface area contributed by atoms with Crippen LogP contribution in [0.2, 0.25) is 5.02 Å². The maximum atomic E-state index is 6.33. The summed E-state index contributed by atoms with van der Waals surface area (Å²) in [5, 5.41) is 8.68. The van der Waals surface area contributed by atoms with Crippen LogP contribution in [0.25, 0.3) is 0 Å². The number of hydrogen-bond donors (Lipinski definition) is 1. The van der Waals surface area contributed by atoms with Crippen LogP contribution in [-0.4, -0.2) is 22.9 Å². The lowest BCUT2D eigenvalue weighted by atomic mass is 9.82. The first kappa shape index (κ1) is 12.9. The molecule has 2 unspecified atom stereocenters. The van der Waals surface area contributed by atoms with Crippen molar-refractivity contribution in [2.75, 3.05) is 7.05 Å². The Morgan fingerprint density at radius 1 is 1.41 bits per heavy atom. The Balaban J connectivity index is 2.33. The van der Waals surface area contributed by atoms with Crippen molar-refractivity contribution < 1.29 is 0 Å². The third-order valence-corrected chi connectivity index (χ3v) is 4.06. The highest BCUT2D eigenvalue weighted by atomic mass is 35.5. The van der Waals surface area contributed by atoms with Crippen LogP contribution < -0.4 is 5.32 Å². The Morgan fingerprint density at radius 3 is 2.76 bits per heavy atom. The summed E-state index contributed by atoms with van der Waals surface area (Å²) < 4.78 is 2.09. The second-order valence-corrected chi connectivity index (χ2v) is 5.61. The molecule has 0 saturated heterocycles. The van der Waals surface area contributed by atoms with E-state index >= 15 is 0 Å². The minimum absolute atomic E-state index is 0.372. The zero-order valence-corrected chi connectivity index (χ0v) is 11.7. The average Bonchev–Trinajstić information content (AvgIpc) is 2.71. The molecule has 1 fully saturated rings. The van der Waals surface area contributed by atoms with Crippen LogP contribution in [0.4, 0.5) is 0 Å². The Hall–Kier alpha value is -0.540. The maximum Gasteiger partial charge on any atom is 0.0821 e. The minimum atomic E-state index is 0.372. The molecule has 0 bridgehead atoms. The van der Waals surface area contributed by atoms with Gasteiger partial charge in [-0.3, -0.25) is 4.68 Å². The summed E-state index contributed by atoms with van der Waals surface area (Å²) in [7, 11) is 2.05. The number of aromatic nitrogens is 2. The van der Waals surface area contributed by atoms with E-state index in [0.29, 0.717) is 18.0 Å². The number of rotatable bonds is 3. The van der Waals surface area contributed by atoms with Crippen molar-refractivity contribution in [1.29, 1.82) is 0 Å². The van der Waals surface area contributed by atoms with Crippen LogP contribution in [0.1, 0.15) is 57.2 Å². The van der Waals surface area contributed by atoms with E-state index in [1.54, 1.807) is 6.20 Å². The maximum absolute atomic E-state index is 6.33. The first-order valence-electron chi connectivity index (χ1n) is 6.55. The lowest BCUT2D eigenvalue weighted by molar-refractivity contribution is 0.323. The molecule has 2 atom stereocenters. The molecule has 17 heavy (non-hydrogen) atoms. The van der Waals surface area contributed by atoms with E-state index in [1.807, 2.05) is 7.05 Å². The molecular formula is C13H22ClN3. The Kier molecular flexibility index (Phi) is 4.10. The summed E-state index contributed by atoms with van der Waals surface area (Å²) in [4.78, 5) is 0. The van der Waals surface area contributed by atoms with Gasteiger partial charge in [0.1, 0.15) is 0 Å². The van der Waals surface area contributed by atoms with Gasteiger partial charge in [0.15, 0.2) is 0 Å². The highest BCUT2D eigenvalue weighted by Crippen LogP contribution is 2.37. The SMILES string of the molecule is CNC1CCCCC1c1c(Cl)cnn1C(C)C. The quantitative estimate of drug-likeness (QED) is 0.898. The standard InChI is InChI=1S/C13H22ClN3/c1-9(2)17-13(11(14)8-16-17)10-6-4-5-7-12(10)15-3/h8-10,12,15H,4-7H2,1-3H3. The van der Waals surface area contributed by atoms with Gasteiger partial charge in [0.25, 0.3) is 0 Å². The van der Waals surface area contributed by atoms with Gasteiger partial charge in [0.2, 0.25) is 0 Å². The van der Waals surface area contributed by atoms with Crippen molar-refractivity contribution in [2.24, 2.45) is 0 Å². The zero-order valence-electron chi connectivity index (χ0n) is 10.9. The summed E-state index contributed by atoms with van der Waals surface area (Å²) in [6.07, 6.45) is 6.85. The second kappa shape index (κ2) is 5.40. The predicted molar refractivity (Wildman–Crippen MR) is 71.7 cm³/mol. The van der Waals surface area contributed by atoms with Crippen molar-refractivity contribution >= 4 is 11.6 Å². The molecule has 1 N–H and O–H groups in total. The minimum Gasteiger partial charge on any atom is -0.316 e. The van der Waals surface area contributed by atoms with Crippen molar-refractivity contribution in [3.63, 3.8) is 0 Å². The van der Waals surface area contributed by atoms with Crippen molar-refractivity contribution in [3.8, 4) is 0 Å². The molecule has 4 heteroatoms. The van der Waals surface area contributed by atoms with E-state index < -0.39 is 0 Å². The summed E-state index contributed by atoms with van der Waals surface area (Å²) in [6, 6.07) is 0.910. The molecular weight excluding hydrogens is 234 g/mol. The Bertz CT molecular complexity index is 373. The van der Waals surface area contributed by atoms with E-state index in [4.69, 9.17) is 11.6 Å². The molecule has 0 aliphatic heterocycles. The fraction of sp³-hybridized carbons (Fsp3) is 0.769. The predicted octanol–water partition coefficient (Wildman–Crippen LogP) is 3.36. The molecule has 1 heterocycles. The molecule has 0 aromatic carbocycles. The van der Waals surface area contributed by atoms with Gasteiger partial charge in [-0.15, -0.1) is 0 Å². The molecule has 2 rings (SSSR count). The number of hydrogen-bond acceptors (Lipinski definition) is 2. The smallest absolute Gasteiger partial charge is 0.0821 e. The van der Waals surface area contributed by atoms with E-state index in [1.165, 1.54) is 31.4 Å². The molecule has 1 aromatic heterocycles. The summed E-state index contributed by atoms with van der Waals surface area (Å²) in [5.74, 6) is 0.506. The van der Waals surface area contributed by atoms with Gasteiger partial charge in [-0.05, 0) is 33.7 Å². The summed E-state index contributed by atoms with van der Waals surface area (Å²) in [6.45, 7) is 4.31. The summed E-state index contributed by atoms with van der Waals surface area (Å²) in [5.41, 5.74) is 1.22. The highest BCUT2D eigenvalue weighted by molar-refractivity contribution is 6.31. The molecule has 3 nitrogen and oxygen atoms in total.